The lowest BCUT2D eigenvalue weighted by Gasteiger charge is -2.14. The van der Waals surface area contributed by atoms with E-state index < -0.39 is 72.1 Å². The summed E-state index contributed by atoms with van der Waals surface area (Å²) in [6.07, 6.45) is 0.216. The molecule has 2 aromatic carbocycles. The van der Waals surface area contributed by atoms with E-state index in [1.165, 1.54) is 17.4 Å². The summed E-state index contributed by atoms with van der Waals surface area (Å²) in [5.41, 5.74) is -7.97. The van der Waals surface area contributed by atoms with E-state index in [1.54, 1.807) is 0 Å². The number of alkyl halides is 5. The van der Waals surface area contributed by atoms with E-state index in [4.69, 9.17) is 34.8 Å². The average molecular weight is 609 g/mol. The highest BCUT2D eigenvalue weighted by molar-refractivity contribution is 7.92. The van der Waals surface area contributed by atoms with Gasteiger partial charge in [-0.3, -0.25) is 14.4 Å². The van der Waals surface area contributed by atoms with Gasteiger partial charge in [0.05, 0.1) is 22.2 Å². The third kappa shape index (κ3) is 6.61. The Morgan fingerprint density at radius 3 is 2.22 bits per heavy atom. The van der Waals surface area contributed by atoms with E-state index in [0.717, 1.165) is 12.1 Å². The van der Waals surface area contributed by atoms with E-state index in [0.29, 0.717) is 6.07 Å². The van der Waals surface area contributed by atoms with Crippen molar-refractivity contribution in [2.75, 3.05) is 21.7 Å². The minimum Gasteiger partial charge on any atom is -0.326 e. The number of amides is 3. The summed E-state index contributed by atoms with van der Waals surface area (Å²) in [5.74, 6) is -9.37. The highest BCUT2D eigenvalue weighted by atomic mass is 35.5. The van der Waals surface area contributed by atoms with Crippen LogP contribution in [0.1, 0.15) is 16.8 Å². The molecule has 0 spiro atoms. The lowest BCUT2D eigenvalue weighted by Crippen LogP contribution is -2.33. The van der Waals surface area contributed by atoms with Gasteiger partial charge >= 0.3 is 5.51 Å². The summed E-state index contributed by atoms with van der Waals surface area (Å²) in [5, 5.41) is 5.79. The maximum Gasteiger partial charge on any atom is 0.497 e. The summed E-state index contributed by atoms with van der Waals surface area (Å²) in [6.45, 7) is 0. The van der Waals surface area contributed by atoms with Crippen LogP contribution in [0.4, 0.5) is 39.0 Å². The van der Waals surface area contributed by atoms with Gasteiger partial charge in [0.25, 0.3) is 15.7 Å². The zero-order valence-electron chi connectivity index (χ0n) is 17.9. The Balaban J connectivity index is 1.78. The van der Waals surface area contributed by atoms with E-state index in [9.17, 15) is 44.8 Å². The lowest BCUT2D eigenvalue weighted by molar-refractivity contribution is -0.117. The predicted molar refractivity (Wildman–Crippen MR) is 125 cm³/mol. The molecule has 0 saturated heterocycles. The second-order valence-corrected chi connectivity index (χ2v) is 11.6. The molecule has 0 aromatic heterocycles. The first-order chi connectivity index (χ1) is 16.9. The fourth-order valence-corrected chi connectivity index (χ4v) is 4.18. The van der Waals surface area contributed by atoms with E-state index in [-0.39, 0.29) is 22.7 Å². The van der Waals surface area contributed by atoms with Crippen molar-refractivity contribution < 1.29 is 44.8 Å². The van der Waals surface area contributed by atoms with Gasteiger partial charge in [0.15, 0.2) is 5.82 Å². The minimum absolute atomic E-state index is 0.106. The molecule has 0 radical (unpaired) electrons. The summed E-state index contributed by atoms with van der Waals surface area (Å²) >= 11 is 17.7. The molecule has 8 nitrogen and oxygen atoms in total. The quantitative estimate of drug-likeness (QED) is 0.306. The fraction of sp³-hybridized carbons (Fsp3) is 0.250. The van der Waals surface area contributed by atoms with Gasteiger partial charge in [-0.25, -0.2) is 17.2 Å². The first kappa shape index (κ1) is 28.9. The number of sulfone groups is 1. The van der Waals surface area contributed by atoms with Gasteiger partial charge in [0.1, 0.15) is 21.6 Å². The van der Waals surface area contributed by atoms with Crippen molar-refractivity contribution in [2.45, 2.75) is 16.3 Å². The molecule has 1 fully saturated rings. The van der Waals surface area contributed by atoms with Crippen molar-refractivity contribution in [1.82, 2.24) is 0 Å². The molecule has 3 amide bonds. The largest absolute Gasteiger partial charge is 0.497 e. The molecule has 1 aliphatic carbocycles. The van der Waals surface area contributed by atoms with Crippen molar-refractivity contribution in [3.05, 3.63) is 52.6 Å². The molecule has 0 bridgehead atoms. The number of benzene rings is 2. The number of anilines is 3. The maximum atomic E-state index is 14.8. The molecule has 1 saturated carbocycles. The zero-order valence-corrected chi connectivity index (χ0v) is 20.9. The van der Waals surface area contributed by atoms with Crippen molar-refractivity contribution in [2.24, 2.45) is 5.92 Å². The number of carbonyl (C=O) groups is 3. The van der Waals surface area contributed by atoms with Gasteiger partial charge in [-0.15, -0.1) is 23.2 Å². The smallest absolute Gasteiger partial charge is 0.326 e. The summed E-state index contributed by atoms with van der Waals surface area (Å²) in [7, 11) is -5.92. The van der Waals surface area contributed by atoms with Gasteiger partial charge in [-0.05, 0) is 36.8 Å². The molecule has 200 valence electrons. The van der Waals surface area contributed by atoms with Crippen molar-refractivity contribution in [3.8, 4) is 0 Å². The maximum absolute atomic E-state index is 14.8. The van der Waals surface area contributed by atoms with Crippen LogP contribution in [-0.4, -0.2) is 41.7 Å². The molecular weight excluding hydrogens is 596 g/mol. The zero-order chi connectivity index (χ0) is 27.9. The molecule has 2 aromatic rings. The van der Waals surface area contributed by atoms with Crippen LogP contribution in [0.5, 0.6) is 0 Å². The molecule has 37 heavy (non-hydrogen) atoms. The Kier molecular flexibility index (Phi) is 7.99. The van der Waals surface area contributed by atoms with Crippen LogP contribution < -0.4 is 16.0 Å². The monoisotopic (exact) mass is 607 g/mol. The van der Waals surface area contributed by atoms with Crippen molar-refractivity contribution in [1.29, 1.82) is 0 Å². The van der Waals surface area contributed by atoms with E-state index in [1.807, 2.05) is 5.32 Å². The number of carbonyl (C=O) groups excluding carboxylic acids is 3. The second-order valence-electron chi connectivity index (χ2n) is 7.69. The summed E-state index contributed by atoms with van der Waals surface area (Å²) < 4.78 is 87.2. The molecule has 17 heteroatoms. The first-order valence-corrected chi connectivity index (χ1v) is 12.6. The molecule has 1 atom stereocenters. The van der Waals surface area contributed by atoms with Crippen molar-refractivity contribution in [3.63, 3.8) is 0 Å². The Hall–Kier alpha value is -2.68. The first-order valence-electron chi connectivity index (χ1n) is 9.79. The third-order valence-corrected chi connectivity index (χ3v) is 7.41. The number of nitrogens with one attached hydrogen (secondary N) is 3. The Morgan fingerprint density at radius 1 is 1.03 bits per heavy atom. The van der Waals surface area contributed by atoms with Gasteiger partial charge in [-0.2, -0.15) is 13.2 Å². The van der Waals surface area contributed by atoms with Crippen LogP contribution in [0.3, 0.4) is 0 Å². The van der Waals surface area contributed by atoms with Gasteiger partial charge in [-0.1, -0.05) is 11.6 Å². The molecule has 1 unspecified atom stereocenters. The van der Waals surface area contributed by atoms with Crippen LogP contribution in [0.15, 0.2) is 30.3 Å². The van der Waals surface area contributed by atoms with Crippen LogP contribution in [0, 0.1) is 17.6 Å². The fourth-order valence-electron chi connectivity index (χ4n) is 2.89. The van der Waals surface area contributed by atoms with Crippen LogP contribution in [-0.2, 0) is 19.4 Å². The number of hydrogen-bond donors (Lipinski definition) is 3. The van der Waals surface area contributed by atoms with E-state index in [2.05, 4.69) is 5.32 Å². The minimum atomic E-state index is -5.92. The van der Waals surface area contributed by atoms with Crippen LogP contribution in [0.25, 0.3) is 0 Å². The third-order valence-electron chi connectivity index (χ3n) is 4.90. The number of rotatable bonds is 7. The van der Waals surface area contributed by atoms with E-state index >= 15 is 0 Å². The summed E-state index contributed by atoms with van der Waals surface area (Å²) in [6, 6.07) is 5.02. The molecule has 0 heterocycles. The molecule has 3 N–H and O–H groups in total. The molecule has 0 aliphatic heterocycles. The van der Waals surface area contributed by atoms with Crippen molar-refractivity contribution >= 4 is 79.4 Å². The normalized spacial score (nSPS) is 16.6. The highest BCUT2D eigenvalue weighted by Gasteiger charge is 2.56. The van der Waals surface area contributed by atoms with Crippen LogP contribution in [0.2, 0.25) is 5.02 Å². The standard InChI is InChI=1S/C20H13Cl3F5N3O5S/c21-11-2-1-8(29-18(34)10-6-19(10,22)23)5-9(11)17(33)30-13-4-3-12(24)16(15(13)25)31-14(32)7-37(35,36)20(26,27)28/h1-5,10H,6-7H2,(H,29,34)(H,30,33)(H,31,32). The van der Waals surface area contributed by atoms with Gasteiger partial charge in [0.2, 0.25) is 11.8 Å². The molecule has 1 aliphatic rings. The SMILES string of the molecule is O=C(CS(=O)(=O)C(F)(F)F)Nc1c(F)ccc(NC(=O)c2cc(NC(=O)C3CC3(Cl)Cl)ccc2Cl)c1F. The molecule has 3 rings (SSSR count). The lowest BCUT2D eigenvalue weighted by atomic mass is 10.1. The summed E-state index contributed by atoms with van der Waals surface area (Å²) in [4.78, 5) is 36.6. The topological polar surface area (TPSA) is 121 Å². The molecular formula is C20H13Cl3F5N3O5S. The Morgan fingerprint density at radius 2 is 1.65 bits per heavy atom. The Bertz CT molecular complexity index is 1400. The second kappa shape index (κ2) is 10.2. The van der Waals surface area contributed by atoms with Crippen LogP contribution >= 0.6 is 34.8 Å². The van der Waals surface area contributed by atoms with Gasteiger partial charge < -0.3 is 16.0 Å². The Labute approximate surface area is 220 Å². The number of hydrogen-bond acceptors (Lipinski definition) is 5. The van der Waals surface area contributed by atoms with Gasteiger partial charge in [0, 0.05) is 5.69 Å². The highest BCUT2D eigenvalue weighted by Crippen LogP contribution is 2.53. The number of halogens is 8. The predicted octanol–water partition coefficient (Wildman–Crippen LogP) is 4.88. The average Bonchev–Trinajstić information content (AvgIpc) is 3.41.